The molecule has 0 heterocycles. The number of hydrogen-bond donors (Lipinski definition) is 1. The van der Waals surface area contributed by atoms with Gasteiger partial charge in [-0.3, -0.25) is 0 Å². The Hall–Kier alpha value is -0.660. The Morgan fingerprint density at radius 2 is 1.78 bits per heavy atom. The molecule has 1 unspecified atom stereocenters. The van der Waals surface area contributed by atoms with Crippen molar-refractivity contribution < 1.29 is 17.9 Å². The quantitative estimate of drug-likeness (QED) is 0.810. The lowest BCUT2D eigenvalue weighted by atomic mass is 10.3. The molecule has 1 atom stereocenters. The van der Waals surface area contributed by atoms with Crippen molar-refractivity contribution in [2.45, 2.75) is 24.2 Å². The Morgan fingerprint density at radius 1 is 1.22 bits per heavy atom. The van der Waals surface area contributed by atoms with Gasteiger partial charge in [0.1, 0.15) is 4.90 Å². The van der Waals surface area contributed by atoms with Crippen LogP contribution in [0.15, 0.2) is 29.2 Å². The molecule has 102 valence electrons. The van der Waals surface area contributed by atoms with Crippen LogP contribution in [0.5, 0.6) is 0 Å². The van der Waals surface area contributed by atoms with E-state index in [1.807, 2.05) is 0 Å². The minimum Gasteiger partial charge on any atom is -0.354 e. The first-order valence-electron chi connectivity index (χ1n) is 5.25. The predicted octanol–water partition coefficient (Wildman–Crippen LogP) is 1.63. The van der Waals surface area contributed by atoms with Gasteiger partial charge in [-0.2, -0.15) is 0 Å². The summed E-state index contributed by atoms with van der Waals surface area (Å²) in [4.78, 5) is 0.0319. The summed E-state index contributed by atoms with van der Waals surface area (Å²) in [5, 5.41) is 0.170. The van der Waals surface area contributed by atoms with Gasteiger partial charge in [-0.15, -0.1) is 0 Å². The van der Waals surface area contributed by atoms with Crippen LogP contribution in [0.3, 0.4) is 0 Å². The SMILES string of the molecule is COC(OC)C(C)NS(=O)(=O)c1ccccc1Cl. The Labute approximate surface area is 112 Å². The van der Waals surface area contributed by atoms with Crippen LogP contribution in [0.4, 0.5) is 0 Å². The van der Waals surface area contributed by atoms with Gasteiger partial charge in [0.15, 0.2) is 6.29 Å². The molecule has 0 bridgehead atoms. The molecular weight excluding hydrogens is 278 g/mol. The van der Waals surface area contributed by atoms with Crippen molar-refractivity contribution in [3.05, 3.63) is 29.3 Å². The highest BCUT2D eigenvalue weighted by molar-refractivity contribution is 7.89. The maximum atomic E-state index is 12.1. The Kier molecular flexibility index (Phi) is 5.55. The highest BCUT2D eigenvalue weighted by atomic mass is 35.5. The molecular formula is C11H16ClNO4S. The predicted molar refractivity (Wildman–Crippen MR) is 69.0 cm³/mol. The fraction of sp³-hybridized carbons (Fsp3) is 0.455. The zero-order valence-corrected chi connectivity index (χ0v) is 12.0. The van der Waals surface area contributed by atoms with Gasteiger partial charge in [-0.1, -0.05) is 23.7 Å². The summed E-state index contributed by atoms with van der Waals surface area (Å²) in [5.41, 5.74) is 0. The van der Waals surface area contributed by atoms with Crippen LogP contribution in [0.25, 0.3) is 0 Å². The van der Waals surface area contributed by atoms with Crippen LogP contribution in [-0.4, -0.2) is 35.0 Å². The van der Waals surface area contributed by atoms with Gasteiger partial charge < -0.3 is 9.47 Å². The minimum atomic E-state index is -3.70. The van der Waals surface area contributed by atoms with E-state index in [0.29, 0.717) is 0 Å². The number of halogens is 1. The molecule has 1 N–H and O–H groups in total. The van der Waals surface area contributed by atoms with Gasteiger partial charge in [-0.25, -0.2) is 13.1 Å². The number of sulfonamides is 1. The molecule has 1 aromatic rings. The maximum absolute atomic E-state index is 12.1. The third kappa shape index (κ3) is 3.66. The summed E-state index contributed by atoms with van der Waals surface area (Å²) < 4.78 is 36.6. The highest BCUT2D eigenvalue weighted by Gasteiger charge is 2.24. The first-order chi connectivity index (χ1) is 8.42. The fourth-order valence-electron chi connectivity index (χ4n) is 1.53. The zero-order chi connectivity index (χ0) is 13.8. The zero-order valence-electron chi connectivity index (χ0n) is 10.4. The molecule has 0 spiro atoms. The average molecular weight is 294 g/mol. The molecule has 0 aliphatic heterocycles. The van der Waals surface area contributed by atoms with Crippen LogP contribution in [-0.2, 0) is 19.5 Å². The van der Waals surface area contributed by atoms with E-state index in [4.69, 9.17) is 21.1 Å². The van der Waals surface area contributed by atoms with Crippen LogP contribution >= 0.6 is 11.6 Å². The molecule has 0 saturated carbocycles. The summed E-state index contributed by atoms with van der Waals surface area (Å²) in [6.45, 7) is 1.64. The van der Waals surface area contributed by atoms with Crippen molar-refractivity contribution in [2.24, 2.45) is 0 Å². The molecule has 0 saturated heterocycles. The van der Waals surface area contributed by atoms with E-state index < -0.39 is 22.4 Å². The van der Waals surface area contributed by atoms with Gasteiger partial charge in [-0.05, 0) is 19.1 Å². The molecule has 0 aliphatic rings. The Balaban J connectivity index is 2.93. The standard InChI is InChI=1S/C11H16ClNO4S/c1-8(11(16-2)17-3)13-18(14,15)10-7-5-4-6-9(10)12/h4-8,11,13H,1-3H3. The molecule has 1 aromatic carbocycles. The van der Waals surface area contributed by atoms with Gasteiger partial charge in [0.2, 0.25) is 10.0 Å². The normalized spacial score (nSPS) is 13.8. The van der Waals surface area contributed by atoms with Crippen molar-refractivity contribution >= 4 is 21.6 Å². The largest absolute Gasteiger partial charge is 0.354 e. The molecule has 0 aliphatic carbocycles. The van der Waals surface area contributed by atoms with E-state index in [0.717, 1.165) is 0 Å². The number of nitrogens with one attached hydrogen (secondary N) is 1. The van der Waals surface area contributed by atoms with Crippen molar-refractivity contribution in [3.63, 3.8) is 0 Å². The van der Waals surface area contributed by atoms with E-state index in [1.165, 1.54) is 26.4 Å². The number of hydrogen-bond acceptors (Lipinski definition) is 4. The number of methoxy groups -OCH3 is 2. The summed E-state index contributed by atoms with van der Waals surface area (Å²) in [6.07, 6.45) is -0.665. The second-order valence-corrected chi connectivity index (χ2v) is 5.77. The lowest BCUT2D eigenvalue weighted by Gasteiger charge is -2.22. The van der Waals surface area contributed by atoms with Crippen molar-refractivity contribution in [3.8, 4) is 0 Å². The first-order valence-corrected chi connectivity index (χ1v) is 7.11. The van der Waals surface area contributed by atoms with Crippen LogP contribution in [0.2, 0.25) is 5.02 Å². The second kappa shape index (κ2) is 6.49. The van der Waals surface area contributed by atoms with Gasteiger partial charge in [0.05, 0.1) is 11.1 Å². The van der Waals surface area contributed by atoms with Gasteiger partial charge in [0.25, 0.3) is 0 Å². The average Bonchev–Trinajstić information content (AvgIpc) is 2.30. The highest BCUT2D eigenvalue weighted by Crippen LogP contribution is 2.20. The molecule has 0 fully saturated rings. The summed E-state index contributed by atoms with van der Waals surface area (Å²) in [6, 6.07) is 5.69. The number of rotatable bonds is 6. The molecule has 0 aromatic heterocycles. The van der Waals surface area contributed by atoms with Crippen molar-refractivity contribution in [1.82, 2.24) is 4.72 Å². The van der Waals surface area contributed by atoms with Crippen LogP contribution in [0, 0.1) is 0 Å². The van der Waals surface area contributed by atoms with E-state index in [2.05, 4.69) is 4.72 Å². The molecule has 18 heavy (non-hydrogen) atoms. The maximum Gasteiger partial charge on any atom is 0.242 e. The summed E-state index contributed by atoms with van der Waals surface area (Å²) >= 11 is 5.86. The first kappa shape index (κ1) is 15.4. The summed E-state index contributed by atoms with van der Waals surface area (Å²) in [7, 11) is -0.819. The van der Waals surface area contributed by atoms with E-state index in [1.54, 1.807) is 19.1 Å². The van der Waals surface area contributed by atoms with Crippen LogP contribution in [0.1, 0.15) is 6.92 Å². The van der Waals surface area contributed by atoms with E-state index >= 15 is 0 Å². The second-order valence-electron chi connectivity index (χ2n) is 3.68. The minimum absolute atomic E-state index is 0.0319. The lowest BCUT2D eigenvalue weighted by molar-refractivity contribution is -0.115. The monoisotopic (exact) mass is 293 g/mol. The molecule has 7 heteroatoms. The molecule has 1 rings (SSSR count). The molecule has 5 nitrogen and oxygen atoms in total. The smallest absolute Gasteiger partial charge is 0.242 e. The van der Waals surface area contributed by atoms with Crippen LogP contribution < -0.4 is 4.72 Å². The van der Waals surface area contributed by atoms with E-state index in [9.17, 15) is 8.42 Å². The third-order valence-corrected chi connectivity index (χ3v) is 4.40. The third-order valence-electron chi connectivity index (χ3n) is 2.34. The van der Waals surface area contributed by atoms with Crippen molar-refractivity contribution in [2.75, 3.05) is 14.2 Å². The Morgan fingerprint density at radius 3 is 2.28 bits per heavy atom. The molecule has 0 radical (unpaired) electrons. The fourth-order valence-corrected chi connectivity index (χ4v) is 3.28. The topological polar surface area (TPSA) is 64.6 Å². The Bertz CT molecular complexity index is 488. The van der Waals surface area contributed by atoms with Gasteiger partial charge in [0, 0.05) is 14.2 Å². The number of benzene rings is 1. The lowest BCUT2D eigenvalue weighted by Crippen LogP contribution is -2.42. The summed E-state index contributed by atoms with van der Waals surface area (Å²) in [5.74, 6) is 0. The molecule has 0 amide bonds. The van der Waals surface area contributed by atoms with E-state index in [-0.39, 0.29) is 9.92 Å². The van der Waals surface area contributed by atoms with Gasteiger partial charge >= 0.3 is 0 Å². The number of ether oxygens (including phenoxy) is 2. The van der Waals surface area contributed by atoms with Crippen molar-refractivity contribution in [1.29, 1.82) is 0 Å².